The zero-order chi connectivity index (χ0) is 15.7. The van der Waals surface area contributed by atoms with Crippen LogP contribution in [0.2, 0.25) is 0 Å². The van der Waals surface area contributed by atoms with E-state index >= 15 is 0 Å². The maximum Gasteiger partial charge on any atom is 0.237 e. The maximum atomic E-state index is 12.6. The number of benzene rings is 2. The predicted octanol–water partition coefficient (Wildman–Crippen LogP) is 3.88. The summed E-state index contributed by atoms with van der Waals surface area (Å²) in [5.41, 5.74) is 2.80. The van der Waals surface area contributed by atoms with Crippen molar-refractivity contribution in [1.29, 1.82) is 0 Å². The number of imide groups is 1. The molecule has 3 rings (SSSR count). The molecular weight excluding hydrogens is 342 g/mol. The molecular formula is C18H16BrNO2. The first-order valence-electron chi connectivity index (χ1n) is 7.23. The van der Waals surface area contributed by atoms with Gasteiger partial charge in [-0.3, -0.25) is 9.59 Å². The molecule has 0 N–H and O–H groups in total. The van der Waals surface area contributed by atoms with Gasteiger partial charge in [0.15, 0.2) is 0 Å². The van der Waals surface area contributed by atoms with Crippen molar-refractivity contribution in [3.8, 4) is 0 Å². The summed E-state index contributed by atoms with van der Waals surface area (Å²) in [4.78, 5) is 26.3. The Bertz CT molecular complexity index is 727. The number of nitrogens with zero attached hydrogens (tertiary/aromatic N) is 1. The van der Waals surface area contributed by atoms with E-state index in [0.717, 1.165) is 15.6 Å². The van der Waals surface area contributed by atoms with E-state index in [0.29, 0.717) is 12.1 Å². The van der Waals surface area contributed by atoms with Crippen molar-refractivity contribution >= 4 is 33.4 Å². The third kappa shape index (κ3) is 2.83. The second kappa shape index (κ2) is 6.05. The molecule has 1 saturated heterocycles. The molecule has 0 radical (unpaired) electrons. The van der Waals surface area contributed by atoms with Crippen LogP contribution in [-0.2, 0) is 16.0 Å². The van der Waals surface area contributed by atoms with Crippen molar-refractivity contribution in [1.82, 2.24) is 0 Å². The van der Waals surface area contributed by atoms with Crippen molar-refractivity contribution in [3.05, 3.63) is 64.1 Å². The summed E-state index contributed by atoms with van der Waals surface area (Å²) in [6, 6.07) is 15.5. The Labute approximate surface area is 138 Å². The first-order chi connectivity index (χ1) is 10.6. The molecule has 0 saturated carbocycles. The van der Waals surface area contributed by atoms with Crippen LogP contribution < -0.4 is 4.90 Å². The van der Waals surface area contributed by atoms with Crippen molar-refractivity contribution < 1.29 is 9.59 Å². The van der Waals surface area contributed by atoms with Crippen LogP contribution in [-0.4, -0.2) is 11.8 Å². The molecule has 0 aliphatic carbocycles. The van der Waals surface area contributed by atoms with Crippen molar-refractivity contribution in [2.24, 2.45) is 5.92 Å². The molecule has 2 amide bonds. The van der Waals surface area contributed by atoms with Crippen LogP contribution >= 0.6 is 15.9 Å². The molecule has 1 heterocycles. The highest BCUT2D eigenvalue weighted by Crippen LogP contribution is 2.34. The average molecular weight is 358 g/mol. The summed E-state index contributed by atoms with van der Waals surface area (Å²) in [7, 11) is 0. The van der Waals surface area contributed by atoms with E-state index in [2.05, 4.69) is 15.9 Å². The van der Waals surface area contributed by atoms with Crippen molar-refractivity contribution in [2.45, 2.75) is 19.8 Å². The second-order valence-electron chi connectivity index (χ2n) is 5.61. The first kappa shape index (κ1) is 15.0. The molecule has 1 fully saturated rings. The number of hydrogen-bond acceptors (Lipinski definition) is 2. The molecule has 1 aliphatic heterocycles. The summed E-state index contributed by atoms with van der Waals surface area (Å²) in [5.74, 6) is -0.517. The number of hydrogen-bond donors (Lipinski definition) is 0. The fourth-order valence-electron chi connectivity index (χ4n) is 2.80. The molecule has 22 heavy (non-hydrogen) atoms. The van der Waals surface area contributed by atoms with Crippen LogP contribution in [0.5, 0.6) is 0 Å². The third-order valence-corrected chi connectivity index (χ3v) is 4.54. The molecule has 112 valence electrons. The minimum atomic E-state index is -0.275. The molecule has 0 bridgehead atoms. The lowest BCUT2D eigenvalue weighted by atomic mass is 9.98. The van der Waals surface area contributed by atoms with Crippen LogP contribution in [0.15, 0.2) is 53.0 Å². The van der Waals surface area contributed by atoms with Gasteiger partial charge in [0.2, 0.25) is 11.8 Å². The Balaban J connectivity index is 1.85. The van der Waals surface area contributed by atoms with Gasteiger partial charge in [-0.25, -0.2) is 4.90 Å². The van der Waals surface area contributed by atoms with Gasteiger partial charge in [-0.15, -0.1) is 0 Å². The van der Waals surface area contributed by atoms with Gasteiger partial charge in [0.05, 0.1) is 11.6 Å². The fourth-order valence-corrected chi connectivity index (χ4v) is 3.47. The number of rotatable bonds is 3. The Hall–Kier alpha value is -1.94. The van der Waals surface area contributed by atoms with Gasteiger partial charge >= 0.3 is 0 Å². The zero-order valence-corrected chi connectivity index (χ0v) is 13.8. The second-order valence-corrected chi connectivity index (χ2v) is 6.47. The number of amides is 2. The van der Waals surface area contributed by atoms with Crippen LogP contribution in [0.4, 0.5) is 5.69 Å². The van der Waals surface area contributed by atoms with E-state index in [9.17, 15) is 9.59 Å². The zero-order valence-electron chi connectivity index (χ0n) is 12.3. The lowest BCUT2D eigenvalue weighted by Crippen LogP contribution is -2.31. The molecule has 0 aromatic heterocycles. The smallest absolute Gasteiger partial charge is 0.237 e. The van der Waals surface area contributed by atoms with Crippen LogP contribution in [0.1, 0.15) is 17.5 Å². The third-order valence-electron chi connectivity index (χ3n) is 3.91. The molecule has 1 unspecified atom stereocenters. The molecule has 3 nitrogen and oxygen atoms in total. The topological polar surface area (TPSA) is 37.4 Å². The number of halogens is 1. The predicted molar refractivity (Wildman–Crippen MR) is 89.6 cm³/mol. The summed E-state index contributed by atoms with van der Waals surface area (Å²) < 4.78 is 0.773. The summed E-state index contributed by atoms with van der Waals surface area (Å²) in [6.45, 7) is 1.97. The minimum absolute atomic E-state index is 0.113. The van der Waals surface area contributed by atoms with Crippen LogP contribution in [0.25, 0.3) is 0 Å². The van der Waals surface area contributed by atoms with Gasteiger partial charge in [-0.05, 0) is 52.5 Å². The lowest BCUT2D eigenvalue weighted by molar-refractivity contribution is -0.122. The van der Waals surface area contributed by atoms with Gasteiger partial charge in [-0.1, -0.05) is 36.4 Å². The van der Waals surface area contributed by atoms with Gasteiger partial charge in [0.1, 0.15) is 0 Å². The number of aryl methyl sites for hydroxylation is 1. The van der Waals surface area contributed by atoms with Gasteiger partial charge in [-0.2, -0.15) is 0 Å². The van der Waals surface area contributed by atoms with Gasteiger partial charge < -0.3 is 0 Å². The quantitative estimate of drug-likeness (QED) is 0.781. The van der Waals surface area contributed by atoms with Gasteiger partial charge in [0, 0.05) is 10.9 Å². The standard InChI is InChI=1S/C18H16BrNO2/c1-12-7-8-16(15(19)9-12)20-17(21)11-14(18(20)22)10-13-5-3-2-4-6-13/h2-9,14H,10-11H2,1H3. The maximum absolute atomic E-state index is 12.6. The molecule has 2 aromatic rings. The normalized spacial score (nSPS) is 18.1. The first-order valence-corrected chi connectivity index (χ1v) is 8.02. The number of carbonyl (C=O) groups excluding carboxylic acids is 2. The molecule has 2 aromatic carbocycles. The Kier molecular flexibility index (Phi) is 4.12. The Morgan fingerprint density at radius 3 is 2.55 bits per heavy atom. The highest BCUT2D eigenvalue weighted by atomic mass is 79.9. The van der Waals surface area contributed by atoms with E-state index < -0.39 is 0 Å². The van der Waals surface area contributed by atoms with Crippen LogP contribution in [0, 0.1) is 12.8 Å². The molecule has 0 spiro atoms. The van der Waals surface area contributed by atoms with Gasteiger partial charge in [0.25, 0.3) is 0 Å². The van der Waals surface area contributed by atoms with E-state index in [1.165, 1.54) is 4.90 Å². The summed E-state index contributed by atoms with van der Waals surface area (Å²) in [6.07, 6.45) is 0.874. The molecule has 4 heteroatoms. The van der Waals surface area contributed by atoms with E-state index in [1.807, 2.05) is 55.5 Å². The lowest BCUT2D eigenvalue weighted by Gasteiger charge is -2.17. The fraction of sp³-hybridized carbons (Fsp3) is 0.222. The summed E-state index contributed by atoms with van der Waals surface area (Å²) >= 11 is 3.45. The van der Waals surface area contributed by atoms with E-state index in [1.54, 1.807) is 0 Å². The average Bonchev–Trinajstić information content (AvgIpc) is 2.75. The minimum Gasteiger partial charge on any atom is -0.274 e. The number of anilines is 1. The Morgan fingerprint density at radius 2 is 1.86 bits per heavy atom. The highest BCUT2D eigenvalue weighted by molar-refractivity contribution is 9.10. The number of carbonyl (C=O) groups is 2. The summed E-state index contributed by atoms with van der Waals surface area (Å²) in [5, 5.41) is 0. The van der Waals surface area contributed by atoms with E-state index in [-0.39, 0.29) is 24.2 Å². The van der Waals surface area contributed by atoms with Crippen molar-refractivity contribution in [3.63, 3.8) is 0 Å². The molecule has 1 atom stereocenters. The largest absolute Gasteiger partial charge is 0.274 e. The molecule has 1 aliphatic rings. The van der Waals surface area contributed by atoms with E-state index in [4.69, 9.17) is 0 Å². The van der Waals surface area contributed by atoms with Crippen molar-refractivity contribution in [2.75, 3.05) is 4.90 Å². The Morgan fingerprint density at radius 1 is 1.14 bits per heavy atom. The SMILES string of the molecule is Cc1ccc(N2C(=O)CC(Cc3ccccc3)C2=O)c(Br)c1. The monoisotopic (exact) mass is 357 g/mol. The highest BCUT2D eigenvalue weighted by Gasteiger charge is 2.40. The van der Waals surface area contributed by atoms with Crippen LogP contribution in [0.3, 0.4) is 0 Å².